The first-order valence-electron chi connectivity index (χ1n) is 7.38. The van der Waals surface area contributed by atoms with Gasteiger partial charge in [-0.05, 0) is 35.7 Å². The molecule has 0 aromatic heterocycles. The molecule has 0 bridgehead atoms. The number of halogens is 2. The summed E-state index contributed by atoms with van der Waals surface area (Å²) in [5, 5.41) is 2.98. The molecule has 0 aliphatic rings. The summed E-state index contributed by atoms with van der Waals surface area (Å²) in [6.07, 6.45) is 0. The highest BCUT2D eigenvalue weighted by molar-refractivity contribution is 5.94. The highest BCUT2D eigenvalue weighted by Crippen LogP contribution is 2.22. The molecule has 0 aliphatic heterocycles. The van der Waals surface area contributed by atoms with Gasteiger partial charge in [-0.1, -0.05) is 44.2 Å². The van der Waals surface area contributed by atoms with Crippen molar-refractivity contribution in [2.45, 2.75) is 26.5 Å². The van der Waals surface area contributed by atoms with E-state index in [1.54, 1.807) is 0 Å². The monoisotopic (exact) mass is 319 g/mol. The molecule has 23 heavy (non-hydrogen) atoms. The number of ether oxygens (including phenoxy) is 1. The molecule has 0 fully saturated rings. The molecule has 0 unspecified atom stereocenters. The first-order chi connectivity index (χ1) is 11.0. The molecular formula is C18H19F2NO2. The minimum atomic E-state index is -2.88. The Morgan fingerprint density at radius 2 is 1.61 bits per heavy atom. The van der Waals surface area contributed by atoms with E-state index < -0.39 is 6.61 Å². The van der Waals surface area contributed by atoms with Crippen molar-refractivity contribution in [3.63, 3.8) is 0 Å². The van der Waals surface area contributed by atoms with Gasteiger partial charge >= 0.3 is 6.61 Å². The van der Waals surface area contributed by atoms with Gasteiger partial charge in [-0.15, -0.1) is 0 Å². The van der Waals surface area contributed by atoms with Gasteiger partial charge in [0.05, 0.1) is 6.04 Å². The maximum atomic E-state index is 12.4. The van der Waals surface area contributed by atoms with Gasteiger partial charge in [-0.3, -0.25) is 4.79 Å². The lowest BCUT2D eigenvalue weighted by atomic mass is 9.95. The maximum Gasteiger partial charge on any atom is 0.387 e. The topological polar surface area (TPSA) is 38.3 Å². The third-order valence-corrected chi connectivity index (χ3v) is 3.45. The lowest BCUT2D eigenvalue weighted by Gasteiger charge is -2.23. The SMILES string of the molecule is CC(C)[C@H](NC(=O)c1ccc(OC(F)F)cc1)c1ccccc1. The summed E-state index contributed by atoms with van der Waals surface area (Å²) in [6, 6.07) is 15.2. The molecule has 0 heterocycles. The van der Waals surface area contributed by atoms with Crippen LogP contribution in [0.3, 0.4) is 0 Å². The lowest BCUT2D eigenvalue weighted by Crippen LogP contribution is -2.31. The Kier molecular flexibility index (Phi) is 5.68. The number of carbonyl (C=O) groups is 1. The molecule has 0 spiro atoms. The van der Waals surface area contributed by atoms with E-state index in [2.05, 4.69) is 10.1 Å². The third kappa shape index (κ3) is 4.77. The van der Waals surface area contributed by atoms with E-state index >= 15 is 0 Å². The van der Waals surface area contributed by atoms with Gasteiger partial charge in [-0.2, -0.15) is 8.78 Å². The van der Waals surface area contributed by atoms with E-state index in [1.807, 2.05) is 44.2 Å². The zero-order valence-electron chi connectivity index (χ0n) is 13.0. The van der Waals surface area contributed by atoms with Gasteiger partial charge in [0.25, 0.3) is 5.91 Å². The summed E-state index contributed by atoms with van der Waals surface area (Å²) in [5.74, 6) is -0.0149. The van der Waals surface area contributed by atoms with Crippen LogP contribution >= 0.6 is 0 Å². The zero-order chi connectivity index (χ0) is 16.8. The Hall–Kier alpha value is -2.43. The van der Waals surface area contributed by atoms with Crippen molar-refractivity contribution >= 4 is 5.91 Å². The lowest BCUT2D eigenvalue weighted by molar-refractivity contribution is -0.0498. The van der Waals surface area contributed by atoms with Crippen molar-refractivity contribution in [2.24, 2.45) is 5.92 Å². The van der Waals surface area contributed by atoms with Crippen molar-refractivity contribution in [3.05, 3.63) is 65.7 Å². The van der Waals surface area contributed by atoms with Crippen LogP contribution in [0.5, 0.6) is 5.75 Å². The van der Waals surface area contributed by atoms with Crippen LogP contribution in [-0.2, 0) is 0 Å². The summed E-state index contributed by atoms with van der Waals surface area (Å²) < 4.78 is 28.5. The number of rotatable bonds is 6. The van der Waals surface area contributed by atoms with Crippen LogP contribution in [0.1, 0.15) is 35.8 Å². The predicted molar refractivity (Wildman–Crippen MR) is 84.6 cm³/mol. The number of hydrogen-bond acceptors (Lipinski definition) is 2. The van der Waals surface area contributed by atoms with Crippen LogP contribution in [-0.4, -0.2) is 12.5 Å². The molecule has 122 valence electrons. The van der Waals surface area contributed by atoms with Crippen molar-refractivity contribution in [1.82, 2.24) is 5.32 Å². The minimum absolute atomic E-state index is 0.0278. The Labute approximate surface area is 134 Å². The van der Waals surface area contributed by atoms with Gasteiger partial charge < -0.3 is 10.1 Å². The fraction of sp³-hybridized carbons (Fsp3) is 0.278. The van der Waals surface area contributed by atoms with Crippen LogP contribution in [0, 0.1) is 5.92 Å². The van der Waals surface area contributed by atoms with Crippen LogP contribution in [0.4, 0.5) is 8.78 Å². The van der Waals surface area contributed by atoms with E-state index in [0.717, 1.165) is 5.56 Å². The molecule has 3 nitrogen and oxygen atoms in total. The highest BCUT2D eigenvalue weighted by atomic mass is 19.3. The number of alkyl halides is 2. The number of benzene rings is 2. The average Bonchev–Trinajstić information content (AvgIpc) is 2.53. The normalized spacial score (nSPS) is 12.3. The molecule has 2 aromatic rings. The Bertz CT molecular complexity index is 627. The number of carbonyl (C=O) groups excluding carboxylic acids is 1. The van der Waals surface area contributed by atoms with Crippen LogP contribution in [0.2, 0.25) is 0 Å². The third-order valence-electron chi connectivity index (χ3n) is 3.45. The molecule has 0 radical (unpaired) electrons. The van der Waals surface area contributed by atoms with E-state index in [4.69, 9.17) is 0 Å². The standard InChI is InChI=1S/C18H19F2NO2/c1-12(2)16(13-6-4-3-5-7-13)21-17(22)14-8-10-15(11-9-14)23-18(19)20/h3-12,16,18H,1-2H3,(H,21,22)/t16-/m0/s1. The van der Waals surface area contributed by atoms with Crippen molar-refractivity contribution in [1.29, 1.82) is 0 Å². The Balaban J connectivity index is 2.10. The van der Waals surface area contributed by atoms with Gasteiger partial charge in [0.2, 0.25) is 0 Å². The van der Waals surface area contributed by atoms with E-state index in [-0.39, 0.29) is 23.6 Å². The van der Waals surface area contributed by atoms with Crippen LogP contribution in [0.25, 0.3) is 0 Å². The van der Waals surface area contributed by atoms with Crippen molar-refractivity contribution in [3.8, 4) is 5.75 Å². The highest BCUT2D eigenvalue weighted by Gasteiger charge is 2.19. The van der Waals surface area contributed by atoms with E-state index in [0.29, 0.717) is 5.56 Å². The summed E-state index contributed by atoms with van der Waals surface area (Å²) in [5.41, 5.74) is 1.42. The van der Waals surface area contributed by atoms with Crippen LogP contribution in [0.15, 0.2) is 54.6 Å². The second-order valence-electron chi connectivity index (χ2n) is 5.51. The zero-order valence-corrected chi connectivity index (χ0v) is 13.0. The van der Waals surface area contributed by atoms with E-state index in [1.165, 1.54) is 24.3 Å². The second-order valence-corrected chi connectivity index (χ2v) is 5.51. The summed E-state index contributed by atoms with van der Waals surface area (Å²) in [6.45, 7) is 1.17. The fourth-order valence-corrected chi connectivity index (χ4v) is 2.31. The molecule has 1 N–H and O–H groups in total. The van der Waals surface area contributed by atoms with Gasteiger partial charge in [0.1, 0.15) is 5.75 Å². The smallest absolute Gasteiger partial charge is 0.387 e. The van der Waals surface area contributed by atoms with Crippen molar-refractivity contribution < 1.29 is 18.3 Å². The first-order valence-corrected chi connectivity index (χ1v) is 7.38. The molecule has 0 saturated carbocycles. The van der Waals surface area contributed by atoms with Crippen molar-refractivity contribution in [2.75, 3.05) is 0 Å². The summed E-state index contributed by atoms with van der Waals surface area (Å²) >= 11 is 0. The second kappa shape index (κ2) is 7.72. The minimum Gasteiger partial charge on any atom is -0.435 e. The molecule has 5 heteroatoms. The summed E-state index contributed by atoms with van der Waals surface area (Å²) in [4.78, 5) is 12.4. The Morgan fingerprint density at radius 3 is 2.13 bits per heavy atom. The molecule has 1 atom stereocenters. The number of amides is 1. The largest absolute Gasteiger partial charge is 0.435 e. The quantitative estimate of drug-likeness (QED) is 0.856. The van der Waals surface area contributed by atoms with Gasteiger partial charge in [0.15, 0.2) is 0 Å². The molecule has 0 saturated heterocycles. The predicted octanol–water partition coefficient (Wildman–Crippen LogP) is 4.42. The van der Waals surface area contributed by atoms with E-state index in [9.17, 15) is 13.6 Å². The fourth-order valence-electron chi connectivity index (χ4n) is 2.31. The summed E-state index contributed by atoms with van der Waals surface area (Å²) in [7, 11) is 0. The maximum absolute atomic E-state index is 12.4. The Morgan fingerprint density at radius 1 is 1.00 bits per heavy atom. The first kappa shape index (κ1) is 16.9. The molecule has 2 rings (SSSR count). The number of nitrogens with one attached hydrogen (secondary N) is 1. The molecular weight excluding hydrogens is 300 g/mol. The molecule has 1 amide bonds. The van der Waals surface area contributed by atoms with Gasteiger partial charge in [0, 0.05) is 5.56 Å². The molecule has 0 aliphatic carbocycles. The number of hydrogen-bond donors (Lipinski definition) is 1. The average molecular weight is 319 g/mol. The van der Waals surface area contributed by atoms with Crippen LogP contribution < -0.4 is 10.1 Å². The molecule has 2 aromatic carbocycles. The van der Waals surface area contributed by atoms with Gasteiger partial charge in [-0.25, -0.2) is 0 Å².